The number of thiophene rings is 1. The van der Waals surface area contributed by atoms with E-state index in [4.69, 9.17) is 15.2 Å². The number of nitrogens with zero attached hydrogens (tertiary/aromatic N) is 3. The third-order valence-electron chi connectivity index (χ3n) is 6.06. The number of benzene rings is 2. The number of pyridine rings is 1. The van der Waals surface area contributed by atoms with Crippen LogP contribution in [-0.4, -0.2) is 54.5 Å². The van der Waals surface area contributed by atoms with Crippen LogP contribution in [0, 0.1) is 23.5 Å². The fourth-order valence-electron chi connectivity index (χ4n) is 4.16. The molecule has 1 aliphatic rings. The highest BCUT2D eigenvalue weighted by Crippen LogP contribution is 2.37. The lowest BCUT2D eigenvalue weighted by Crippen LogP contribution is -2.36. The van der Waals surface area contributed by atoms with Crippen LogP contribution >= 0.6 is 11.3 Å². The van der Waals surface area contributed by atoms with E-state index < -0.39 is 29.9 Å². The van der Waals surface area contributed by atoms with Crippen molar-refractivity contribution in [3.05, 3.63) is 77.3 Å². The Labute approximate surface area is 232 Å². The quantitative estimate of drug-likeness (QED) is 0.261. The monoisotopic (exact) mass is 562 g/mol. The number of hydrogen-bond acceptors (Lipinski definition) is 7. The molecule has 1 saturated heterocycles. The zero-order valence-electron chi connectivity index (χ0n) is 21.2. The molecule has 2 aromatic heterocycles. The molecule has 2 amide bonds. The minimum Gasteiger partial charge on any atom is -0.453 e. The predicted octanol–water partition coefficient (Wildman–Crippen LogP) is 4.59. The van der Waals surface area contributed by atoms with E-state index in [0.29, 0.717) is 35.7 Å². The fraction of sp³-hybridized carbons (Fsp3) is 0.207. The Morgan fingerprint density at radius 2 is 1.88 bits per heavy atom. The van der Waals surface area contributed by atoms with E-state index in [1.165, 1.54) is 41.7 Å². The van der Waals surface area contributed by atoms with Crippen LogP contribution in [-0.2, 0) is 14.3 Å². The highest BCUT2D eigenvalue weighted by atomic mass is 32.1. The van der Waals surface area contributed by atoms with Gasteiger partial charge in [0, 0.05) is 31.4 Å². The number of rotatable bonds is 7. The summed E-state index contributed by atoms with van der Waals surface area (Å²) in [6.45, 7) is 3.75. The maximum absolute atomic E-state index is 15.3. The molecule has 8 nitrogen and oxygen atoms in total. The Morgan fingerprint density at radius 1 is 1.07 bits per heavy atom. The van der Waals surface area contributed by atoms with Gasteiger partial charge in [0.15, 0.2) is 11.6 Å². The molecule has 0 aliphatic carbocycles. The molecular formula is C29H24F2N4O4S. The molecular weight excluding hydrogens is 538 g/mol. The lowest BCUT2D eigenvalue weighted by molar-refractivity contribution is -0.125. The highest BCUT2D eigenvalue weighted by molar-refractivity contribution is 7.19. The number of aromatic nitrogens is 1. The Kier molecular flexibility index (Phi) is 8.31. The number of fused-ring (bicyclic) bond motifs is 1. The van der Waals surface area contributed by atoms with Crippen molar-refractivity contribution in [2.75, 3.05) is 37.7 Å². The second-order valence-corrected chi connectivity index (χ2v) is 9.92. The highest BCUT2D eigenvalue weighted by Gasteiger charge is 2.24. The van der Waals surface area contributed by atoms with Crippen molar-refractivity contribution in [3.8, 4) is 23.3 Å². The Bertz CT molecular complexity index is 1630. The van der Waals surface area contributed by atoms with Gasteiger partial charge < -0.3 is 15.2 Å². The average molecular weight is 563 g/mol. The summed E-state index contributed by atoms with van der Waals surface area (Å²) in [5, 5.41) is 0. The minimum atomic E-state index is -0.894. The van der Waals surface area contributed by atoms with Gasteiger partial charge in [0.2, 0.25) is 11.8 Å². The molecule has 0 radical (unpaired) electrons. The summed E-state index contributed by atoms with van der Waals surface area (Å²) in [6, 6.07) is 12.7. The number of morpholine rings is 1. The largest absolute Gasteiger partial charge is 0.453 e. The molecule has 2 aromatic carbocycles. The van der Waals surface area contributed by atoms with Crippen LogP contribution in [0.5, 0.6) is 11.5 Å². The summed E-state index contributed by atoms with van der Waals surface area (Å²) in [5.41, 5.74) is 5.71. The number of amides is 2. The third-order valence-corrected chi connectivity index (χ3v) is 7.11. The van der Waals surface area contributed by atoms with Gasteiger partial charge in [0.05, 0.1) is 46.2 Å². The first-order chi connectivity index (χ1) is 19.4. The van der Waals surface area contributed by atoms with Crippen LogP contribution in [0.15, 0.2) is 60.8 Å². The van der Waals surface area contributed by atoms with Gasteiger partial charge in [-0.2, -0.15) is 0 Å². The molecule has 5 rings (SSSR count). The number of ether oxygens (including phenoxy) is 2. The predicted molar refractivity (Wildman–Crippen MR) is 148 cm³/mol. The molecule has 40 heavy (non-hydrogen) atoms. The minimum absolute atomic E-state index is 0.00928. The molecule has 4 aromatic rings. The van der Waals surface area contributed by atoms with Crippen molar-refractivity contribution >= 4 is 44.7 Å². The molecule has 2 N–H and O–H groups in total. The lowest BCUT2D eigenvalue weighted by atomic mass is 10.2. The normalized spacial score (nSPS) is 13.4. The van der Waals surface area contributed by atoms with E-state index >= 15 is 4.39 Å². The lowest BCUT2D eigenvalue weighted by Gasteiger charge is -2.24. The van der Waals surface area contributed by atoms with E-state index in [2.05, 4.69) is 21.7 Å². The summed E-state index contributed by atoms with van der Waals surface area (Å²) in [4.78, 5) is 32.5. The summed E-state index contributed by atoms with van der Waals surface area (Å²) < 4.78 is 41.8. The number of carbonyl (C=O) groups excluding carboxylic acids is 2. The average Bonchev–Trinajstić information content (AvgIpc) is 3.35. The van der Waals surface area contributed by atoms with Crippen LogP contribution < -0.4 is 15.4 Å². The van der Waals surface area contributed by atoms with Crippen molar-refractivity contribution in [1.82, 2.24) is 9.88 Å². The SMILES string of the molecule is NC(=O)CC(=O)N(c1ccc(Oc2ccnc3cc(C#CCN4CCOCC4)sc23)c(F)c1)c1ccccc1F. The van der Waals surface area contributed by atoms with Gasteiger partial charge in [0.1, 0.15) is 18.0 Å². The van der Waals surface area contributed by atoms with Crippen LogP contribution in [0.3, 0.4) is 0 Å². The summed E-state index contributed by atoms with van der Waals surface area (Å²) in [7, 11) is 0. The smallest absolute Gasteiger partial charge is 0.241 e. The zero-order valence-corrected chi connectivity index (χ0v) is 22.0. The second-order valence-electron chi connectivity index (χ2n) is 8.86. The fourth-order valence-corrected chi connectivity index (χ4v) is 5.10. The topological polar surface area (TPSA) is 98.0 Å². The number of nitrogens with two attached hydrogens (primary N) is 1. The first-order valence-electron chi connectivity index (χ1n) is 12.4. The summed E-state index contributed by atoms with van der Waals surface area (Å²) in [5.74, 6) is 3.41. The van der Waals surface area contributed by atoms with Gasteiger partial charge in [-0.25, -0.2) is 8.78 Å². The van der Waals surface area contributed by atoms with Crippen LogP contribution in [0.2, 0.25) is 0 Å². The number of anilines is 2. The first-order valence-corrected chi connectivity index (χ1v) is 13.2. The molecule has 0 saturated carbocycles. The van der Waals surface area contributed by atoms with Crippen LogP contribution in [0.1, 0.15) is 11.3 Å². The van der Waals surface area contributed by atoms with Crippen molar-refractivity contribution in [2.45, 2.75) is 6.42 Å². The number of primary amides is 1. The molecule has 11 heteroatoms. The van der Waals surface area contributed by atoms with Gasteiger partial charge >= 0.3 is 0 Å². The maximum Gasteiger partial charge on any atom is 0.241 e. The number of hydrogen-bond donors (Lipinski definition) is 1. The molecule has 0 spiro atoms. The Balaban J connectivity index is 1.39. The van der Waals surface area contributed by atoms with E-state index in [0.717, 1.165) is 35.0 Å². The number of halogens is 2. The third kappa shape index (κ3) is 6.26. The zero-order chi connectivity index (χ0) is 28.1. The number of para-hydroxylation sites is 1. The molecule has 0 atom stereocenters. The van der Waals surface area contributed by atoms with Gasteiger partial charge in [-0.05, 0) is 30.3 Å². The van der Waals surface area contributed by atoms with E-state index in [1.54, 1.807) is 12.3 Å². The van der Waals surface area contributed by atoms with Gasteiger partial charge in [-0.3, -0.25) is 24.4 Å². The molecule has 1 aliphatic heterocycles. The first kappa shape index (κ1) is 27.2. The summed E-state index contributed by atoms with van der Waals surface area (Å²) in [6.07, 6.45) is 0.878. The van der Waals surface area contributed by atoms with Crippen LogP contribution in [0.25, 0.3) is 10.2 Å². The van der Waals surface area contributed by atoms with Crippen LogP contribution in [0.4, 0.5) is 20.2 Å². The van der Waals surface area contributed by atoms with E-state index in [-0.39, 0.29) is 17.1 Å². The molecule has 1 fully saturated rings. The Hall–Kier alpha value is -4.37. The maximum atomic E-state index is 15.3. The van der Waals surface area contributed by atoms with Gasteiger partial charge in [-0.1, -0.05) is 24.0 Å². The van der Waals surface area contributed by atoms with Crippen molar-refractivity contribution in [3.63, 3.8) is 0 Å². The molecule has 0 bridgehead atoms. The molecule has 0 unspecified atom stereocenters. The van der Waals surface area contributed by atoms with E-state index in [1.807, 2.05) is 6.07 Å². The van der Waals surface area contributed by atoms with Crippen molar-refractivity contribution in [1.29, 1.82) is 0 Å². The molecule has 204 valence electrons. The van der Waals surface area contributed by atoms with Gasteiger partial charge in [0.25, 0.3) is 0 Å². The van der Waals surface area contributed by atoms with Gasteiger partial charge in [-0.15, -0.1) is 11.3 Å². The Morgan fingerprint density at radius 3 is 2.62 bits per heavy atom. The van der Waals surface area contributed by atoms with Crippen molar-refractivity contribution in [2.24, 2.45) is 5.73 Å². The standard InChI is InChI=1S/C29H24F2N4O4S/c30-21-5-1-2-6-24(21)35(28(37)18-27(32)36)19-7-8-25(22(31)16-19)39-26-9-10-33-23-17-20(40-29(23)26)4-3-11-34-12-14-38-15-13-34/h1-2,5-10,16-17H,11-15,18H2,(H2,32,36). The van der Waals surface area contributed by atoms with E-state index in [9.17, 15) is 14.0 Å². The van der Waals surface area contributed by atoms with Crippen molar-refractivity contribution < 1.29 is 27.8 Å². The number of carbonyl (C=O) groups is 2. The molecule has 3 heterocycles. The summed E-state index contributed by atoms with van der Waals surface area (Å²) >= 11 is 1.39. The second kappa shape index (κ2) is 12.2.